The molecule has 9 nitrogen and oxygen atoms in total. The first-order valence-corrected chi connectivity index (χ1v) is 8.94. The molecule has 0 aliphatic carbocycles. The van der Waals surface area contributed by atoms with Gasteiger partial charge in [-0.2, -0.15) is 4.98 Å². The highest BCUT2D eigenvalue weighted by atomic mass is 31.2. The number of ether oxygens (including phenoxy) is 1. The highest BCUT2D eigenvalue weighted by molar-refractivity contribution is 7.53. The lowest BCUT2D eigenvalue weighted by atomic mass is 10.2. The lowest BCUT2D eigenvalue weighted by Crippen LogP contribution is -2.27. The zero-order valence-corrected chi connectivity index (χ0v) is 14.3. The van der Waals surface area contributed by atoms with Crippen LogP contribution in [0.3, 0.4) is 0 Å². The number of nitrogen functional groups attached to an aromatic ring is 1. The highest BCUT2D eigenvalue weighted by Gasteiger charge is 2.24. The number of aliphatic hydroxyl groups excluding tert-OH is 1. The standard InChI is InChI=1S/C13H24N3O6P/c1-11(8-16-5-4-12(14)15-13(16)18)9-22-23(19,10-17)21-7-3-6-20-2/h4-5,11,17H,3,6-10H2,1-2H3,(H2,14,15,18)/t11-,23?/m0/s1. The second-order valence-corrected chi connectivity index (χ2v) is 7.14. The molecule has 0 spiro atoms. The van der Waals surface area contributed by atoms with Gasteiger partial charge in [-0.05, 0) is 18.4 Å². The summed E-state index contributed by atoms with van der Waals surface area (Å²) in [5, 5.41) is 9.20. The molecule has 1 unspecified atom stereocenters. The van der Waals surface area contributed by atoms with Gasteiger partial charge < -0.3 is 24.6 Å². The van der Waals surface area contributed by atoms with E-state index in [2.05, 4.69) is 4.98 Å². The van der Waals surface area contributed by atoms with E-state index in [1.165, 1.54) is 16.8 Å². The van der Waals surface area contributed by atoms with Crippen molar-refractivity contribution in [3.63, 3.8) is 0 Å². The lowest BCUT2D eigenvalue weighted by Gasteiger charge is -2.19. The van der Waals surface area contributed by atoms with Crippen LogP contribution in [0.15, 0.2) is 17.1 Å². The number of methoxy groups -OCH3 is 1. The van der Waals surface area contributed by atoms with Crippen molar-refractivity contribution in [1.29, 1.82) is 0 Å². The first-order valence-electron chi connectivity index (χ1n) is 7.21. The van der Waals surface area contributed by atoms with Crippen LogP contribution < -0.4 is 11.4 Å². The fourth-order valence-electron chi connectivity index (χ4n) is 1.74. The fraction of sp³-hybridized carbons (Fsp3) is 0.692. The molecule has 0 amide bonds. The Hall–Kier alpha value is -1.25. The van der Waals surface area contributed by atoms with Crippen molar-refractivity contribution in [3.05, 3.63) is 22.7 Å². The van der Waals surface area contributed by atoms with Gasteiger partial charge in [-0.3, -0.25) is 9.13 Å². The van der Waals surface area contributed by atoms with E-state index in [0.717, 1.165) is 0 Å². The molecule has 0 saturated carbocycles. The van der Waals surface area contributed by atoms with E-state index in [1.54, 1.807) is 7.11 Å². The van der Waals surface area contributed by atoms with Crippen LogP contribution in [0, 0.1) is 5.92 Å². The Morgan fingerprint density at radius 3 is 2.78 bits per heavy atom. The number of nitrogens with zero attached hydrogens (tertiary/aromatic N) is 2. The van der Waals surface area contributed by atoms with Gasteiger partial charge in [-0.15, -0.1) is 0 Å². The summed E-state index contributed by atoms with van der Waals surface area (Å²) in [5.41, 5.74) is 4.96. The van der Waals surface area contributed by atoms with Crippen LogP contribution in [0.4, 0.5) is 5.82 Å². The summed E-state index contributed by atoms with van der Waals surface area (Å²) in [6.07, 6.45) is 1.38. The van der Waals surface area contributed by atoms with Gasteiger partial charge in [0.05, 0.1) is 13.2 Å². The summed E-state index contributed by atoms with van der Waals surface area (Å²) in [4.78, 5) is 15.3. The number of hydrogen-bond acceptors (Lipinski definition) is 8. The molecule has 1 aromatic heterocycles. The van der Waals surface area contributed by atoms with Gasteiger partial charge in [-0.25, -0.2) is 4.79 Å². The van der Waals surface area contributed by atoms with E-state index in [9.17, 15) is 14.5 Å². The Morgan fingerprint density at radius 1 is 1.43 bits per heavy atom. The number of aliphatic hydroxyl groups is 1. The van der Waals surface area contributed by atoms with Gasteiger partial charge in [-0.1, -0.05) is 6.92 Å². The van der Waals surface area contributed by atoms with Crippen LogP contribution in [-0.2, 0) is 24.9 Å². The molecule has 1 aromatic rings. The van der Waals surface area contributed by atoms with Crippen LogP contribution in [0.5, 0.6) is 0 Å². The van der Waals surface area contributed by atoms with Crippen molar-refractivity contribution >= 4 is 13.4 Å². The van der Waals surface area contributed by atoms with Crippen molar-refractivity contribution < 1.29 is 23.5 Å². The van der Waals surface area contributed by atoms with Crippen LogP contribution in [0.2, 0.25) is 0 Å². The third kappa shape index (κ3) is 7.24. The topological polar surface area (TPSA) is 126 Å². The molecule has 0 aliphatic heterocycles. The average molecular weight is 349 g/mol. The van der Waals surface area contributed by atoms with Gasteiger partial charge in [0.1, 0.15) is 12.2 Å². The maximum absolute atomic E-state index is 12.2. The molecule has 10 heteroatoms. The minimum atomic E-state index is -3.54. The molecule has 1 heterocycles. The molecule has 0 fully saturated rings. The van der Waals surface area contributed by atoms with E-state index in [0.29, 0.717) is 19.6 Å². The quantitative estimate of drug-likeness (QED) is 0.441. The first-order chi connectivity index (χ1) is 10.9. The predicted octanol–water partition coefficient (Wildman–Crippen LogP) is 0.674. The summed E-state index contributed by atoms with van der Waals surface area (Å²) in [7, 11) is -1.99. The molecule has 0 bridgehead atoms. The maximum Gasteiger partial charge on any atom is 0.355 e. The molecular weight excluding hydrogens is 325 g/mol. The van der Waals surface area contributed by atoms with Crippen LogP contribution in [0.25, 0.3) is 0 Å². The van der Waals surface area contributed by atoms with Crippen molar-refractivity contribution in [3.8, 4) is 0 Å². The largest absolute Gasteiger partial charge is 0.385 e. The van der Waals surface area contributed by atoms with Crippen LogP contribution >= 0.6 is 7.60 Å². The number of anilines is 1. The van der Waals surface area contributed by atoms with Crippen molar-refractivity contribution in [2.45, 2.75) is 19.9 Å². The second kappa shape index (κ2) is 9.79. The van der Waals surface area contributed by atoms with Crippen molar-refractivity contribution in [2.24, 2.45) is 5.92 Å². The molecule has 1 rings (SSSR count). The Labute approximate surface area is 134 Å². The monoisotopic (exact) mass is 349 g/mol. The van der Waals surface area contributed by atoms with Gasteiger partial charge in [0.2, 0.25) is 0 Å². The minimum Gasteiger partial charge on any atom is -0.385 e. The summed E-state index contributed by atoms with van der Waals surface area (Å²) in [5.74, 6) is 0.0185. The number of nitrogens with two attached hydrogens (primary N) is 1. The summed E-state index contributed by atoms with van der Waals surface area (Å²) in [6.45, 7) is 2.84. The zero-order valence-electron chi connectivity index (χ0n) is 13.4. The molecule has 0 radical (unpaired) electrons. The normalized spacial score (nSPS) is 15.3. The predicted molar refractivity (Wildman–Crippen MR) is 85.2 cm³/mol. The number of aromatic nitrogens is 2. The third-order valence-corrected chi connectivity index (χ3v) is 4.38. The highest BCUT2D eigenvalue weighted by Crippen LogP contribution is 2.47. The summed E-state index contributed by atoms with van der Waals surface area (Å²) in [6, 6.07) is 1.52. The SMILES string of the molecule is COCCCOP(=O)(CO)OC[C@@H](C)Cn1ccc(N)nc1=O. The van der Waals surface area contributed by atoms with Gasteiger partial charge in [0.25, 0.3) is 0 Å². The van der Waals surface area contributed by atoms with Gasteiger partial charge in [0.15, 0.2) is 0 Å². The van der Waals surface area contributed by atoms with Crippen molar-refractivity contribution in [1.82, 2.24) is 9.55 Å². The first kappa shape index (κ1) is 19.8. The van der Waals surface area contributed by atoms with E-state index in [4.69, 9.17) is 19.5 Å². The number of hydrogen-bond donors (Lipinski definition) is 2. The average Bonchev–Trinajstić information content (AvgIpc) is 2.52. The Balaban J connectivity index is 2.47. The van der Waals surface area contributed by atoms with E-state index < -0.39 is 19.6 Å². The van der Waals surface area contributed by atoms with E-state index in [1.807, 2.05) is 6.92 Å². The lowest BCUT2D eigenvalue weighted by molar-refractivity contribution is 0.136. The van der Waals surface area contributed by atoms with Crippen LogP contribution in [0.1, 0.15) is 13.3 Å². The fourth-order valence-corrected chi connectivity index (χ4v) is 2.86. The maximum atomic E-state index is 12.2. The van der Waals surface area contributed by atoms with E-state index >= 15 is 0 Å². The third-order valence-electron chi connectivity index (χ3n) is 2.91. The molecule has 3 N–H and O–H groups in total. The molecular formula is C13H24N3O6P. The molecule has 0 aliphatic rings. The van der Waals surface area contributed by atoms with Gasteiger partial charge in [0, 0.05) is 26.5 Å². The zero-order chi connectivity index (χ0) is 17.3. The summed E-state index contributed by atoms with van der Waals surface area (Å²) < 4.78 is 28.8. The number of rotatable bonds is 11. The molecule has 0 saturated heterocycles. The Kier molecular flexibility index (Phi) is 8.43. The summed E-state index contributed by atoms with van der Waals surface area (Å²) >= 11 is 0. The molecule has 132 valence electrons. The van der Waals surface area contributed by atoms with Crippen molar-refractivity contribution in [2.75, 3.05) is 39.0 Å². The molecule has 0 aromatic carbocycles. The van der Waals surface area contributed by atoms with E-state index in [-0.39, 0.29) is 24.9 Å². The smallest absolute Gasteiger partial charge is 0.355 e. The van der Waals surface area contributed by atoms with Crippen LogP contribution in [-0.4, -0.2) is 47.9 Å². The molecule has 23 heavy (non-hydrogen) atoms. The van der Waals surface area contributed by atoms with Gasteiger partial charge >= 0.3 is 13.3 Å². The molecule has 2 atom stereocenters. The Bertz CT molecular complexity index is 579. The minimum absolute atomic E-state index is 0.0684. The second-order valence-electron chi connectivity index (χ2n) is 5.12. The Morgan fingerprint density at radius 2 is 2.17 bits per heavy atom.